The van der Waals surface area contributed by atoms with Gasteiger partial charge in [-0.05, 0) is 23.8 Å². The molecule has 2 N–H and O–H groups in total. The lowest BCUT2D eigenvalue weighted by Gasteiger charge is -2.01. The van der Waals surface area contributed by atoms with Crippen LogP contribution in [-0.2, 0) is 16.6 Å². The molecule has 0 unspecified atom stereocenters. The highest BCUT2D eigenvalue weighted by molar-refractivity contribution is 7.89. The number of primary sulfonamides is 1. The van der Waals surface area contributed by atoms with Crippen LogP contribution in [0.5, 0.6) is 0 Å². The molecule has 0 bridgehead atoms. The van der Waals surface area contributed by atoms with Crippen LogP contribution < -0.4 is 9.71 Å². The first-order chi connectivity index (χ1) is 9.54. The van der Waals surface area contributed by atoms with Gasteiger partial charge < -0.3 is 0 Å². The van der Waals surface area contributed by atoms with Crippen LogP contribution in [-0.4, -0.2) is 12.8 Å². The van der Waals surface area contributed by atoms with Gasteiger partial charge in [0.2, 0.25) is 10.0 Å². The van der Waals surface area contributed by atoms with Gasteiger partial charge in [0.1, 0.15) is 18.9 Å². The summed E-state index contributed by atoms with van der Waals surface area (Å²) < 4.78 is 26.5. The van der Waals surface area contributed by atoms with Crippen molar-refractivity contribution in [1.82, 2.24) is 4.40 Å². The fourth-order valence-corrected chi connectivity index (χ4v) is 2.68. The number of aromatic nitrogens is 2. The molecule has 1 aromatic carbocycles. The number of hydrogen-bond donors (Lipinski definition) is 1. The Balaban J connectivity index is 1.92. The number of nitrogens with zero attached hydrogens (tertiary/aromatic N) is 2. The largest absolute Gasteiger partial charge is 0.286 e. The van der Waals surface area contributed by atoms with E-state index in [2.05, 4.69) is 4.57 Å². The number of pyridine rings is 1. The van der Waals surface area contributed by atoms with Gasteiger partial charge in [-0.25, -0.2) is 22.5 Å². The van der Waals surface area contributed by atoms with E-state index < -0.39 is 10.0 Å². The highest BCUT2D eigenvalue weighted by Crippen LogP contribution is 2.09. The first-order valence-corrected chi connectivity index (χ1v) is 7.65. The van der Waals surface area contributed by atoms with E-state index in [0.29, 0.717) is 6.54 Å². The van der Waals surface area contributed by atoms with Gasteiger partial charge in [-0.1, -0.05) is 18.2 Å². The van der Waals surface area contributed by atoms with Gasteiger partial charge in [0.05, 0.1) is 11.1 Å². The number of nitrogens with two attached hydrogens (primary N) is 1. The van der Waals surface area contributed by atoms with E-state index in [1.807, 2.05) is 41.2 Å². The van der Waals surface area contributed by atoms with Gasteiger partial charge in [-0.15, -0.1) is 0 Å². The summed E-state index contributed by atoms with van der Waals surface area (Å²) in [4.78, 5) is 0.132. The van der Waals surface area contributed by atoms with Crippen LogP contribution in [0.25, 0.3) is 5.65 Å². The fourth-order valence-electron chi connectivity index (χ4n) is 2.16. The Hall–Kier alpha value is -2.18. The van der Waals surface area contributed by atoms with Crippen LogP contribution in [0.3, 0.4) is 0 Å². The molecule has 5 nitrogen and oxygen atoms in total. The van der Waals surface area contributed by atoms with E-state index in [4.69, 9.17) is 5.14 Å². The normalized spacial score (nSPS) is 11.8. The minimum absolute atomic E-state index is 0.132. The highest BCUT2D eigenvalue weighted by atomic mass is 32.2. The molecule has 0 saturated carbocycles. The number of rotatable bonds is 3. The summed E-state index contributed by atoms with van der Waals surface area (Å²) in [7, 11) is -3.63. The molecular weight excluding hydrogens is 274 g/mol. The van der Waals surface area contributed by atoms with Crippen LogP contribution in [0, 0.1) is 0 Å². The lowest BCUT2D eigenvalue weighted by Crippen LogP contribution is -2.32. The van der Waals surface area contributed by atoms with Crippen molar-refractivity contribution in [3.8, 4) is 0 Å². The van der Waals surface area contributed by atoms with Gasteiger partial charge >= 0.3 is 0 Å². The Morgan fingerprint density at radius 1 is 1.05 bits per heavy atom. The van der Waals surface area contributed by atoms with E-state index in [9.17, 15) is 8.42 Å². The third-order valence-electron chi connectivity index (χ3n) is 3.17. The Morgan fingerprint density at radius 3 is 2.50 bits per heavy atom. The number of fused-ring (bicyclic) bond motifs is 1. The summed E-state index contributed by atoms with van der Waals surface area (Å²) in [5.41, 5.74) is 2.09. The summed E-state index contributed by atoms with van der Waals surface area (Å²) in [5, 5.41) is 5.08. The summed E-state index contributed by atoms with van der Waals surface area (Å²) in [6.07, 6.45) is 5.95. The molecule has 0 radical (unpaired) electrons. The van der Waals surface area contributed by atoms with Crippen LogP contribution in [0.1, 0.15) is 5.56 Å². The zero-order valence-corrected chi connectivity index (χ0v) is 11.5. The topological polar surface area (TPSA) is 68.5 Å². The van der Waals surface area contributed by atoms with Crippen LogP contribution in [0.15, 0.2) is 66.0 Å². The molecule has 0 aliphatic rings. The van der Waals surface area contributed by atoms with Crippen LogP contribution in [0.4, 0.5) is 0 Å². The summed E-state index contributed by atoms with van der Waals surface area (Å²) in [5.74, 6) is 0. The maximum atomic E-state index is 11.2. The van der Waals surface area contributed by atoms with E-state index >= 15 is 0 Å². The maximum Gasteiger partial charge on any atom is 0.286 e. The Kier molecular flexibility index (Phi) is 3.04. The van der Waals surface area contributed by atoms with Crippen molar-refractivity contribution < 1.29 is 13.0 Å². The smallest absolute Gasteiger partial charge is 0.226 e. The monoisotopic (exact) mass is 288 g/mol. The SMILES string of the molecule is NS(=O)(=O)c1ccc(C[n+]2ccn3ccccc32)cc1. The Morgan fingerprint density at radius 2 is 1.80 bits per heavy atom. The number of imidazole rings is 1. The standard InChI is InChI=1S/C14H14N3O2S/c15-20(18,19)13-6-4-12(5-7-13)11-17-10-9-16-8-2-1-3-14(16)17/h1-10H,11H2,(H2,15,18,19)/q+1. The maximum absolute atomic E-state index is 11.2. The first-order valence-electron chi connectivity index (χ1n) is 6.11. The van der Waals surface area contributed by atoms with E-state index in [1.165, 1.54) is 12.1 Å². The first kappa shape index (κ1) is 12.8. The van der Waals surface area contributed by atoms with E-state index in [0.717, 1.165) is 11.2 Å². The molecular formula is C14H14N3O2S+. The van der Waals surface area contributed by atoms with Crippen LogP contribution in [0.2, 0.25) is 0 Å². The second kappa shape index (κ2) is 4.73. The molecule has 0 saturated heterocycles. The van der Waals surface area contributed by atoms with E-state index in [-0.39, 0.29) is 4.90 Å². The molecule has 6 heteroatoms. The minimum Gasteiger partial charge on any atom is -0.226 e. The zero-order valence-electron chi connectivity index (χ0n) is 10.7. The molecule has 0 aliphatic heterocycles. The highest BCUT2D eigenvalue weighted by Gasteiger charge is 2.10. The van der Waals surface area contributed by atoms with Gasteiger partial charge in [-0.2, -0.15) is 0 Å². The number of sulfonamides is 1. The molecule has 0 amide bonds. The minimum atomic E-state index is -3.63. The Labute approximate surface area is 117 Å². The average molecular weight is 288 g/mol. The van der Waals surface area contributed by atoms with Gasteiger partial charge in [0.15, 0.2) is 0 Å². The zero-order chi connectivity index (χ0) is 14.2. The molecule has 0 spiro atoms. The van der Waals surface area contributed by atoms with Crippen molar-refractivity contribution in [1.29, 1.82) is 0 Å². The molecule has 20 heavy (non-hydrogen) atoms. The lowest BCUT2D eigenvalue weighted by atomic mass is 10.2. The van der Waals surface area contributed by atoms with Gasteiger partial charge in [0.25, 0.3) is 5.65 Å². The van der Waals surface area contributed by atoms with Crippen LogP contribution >= 0.6 is 0 Å². The van der Waals surface area contributed by atoms with Crippen molar-refractivity contribution in [2.75, 3.05) is 0 Å². The fraction of sp³-hybridized carbons (Fsp3) is 0.0714. The predicted molar refractivity (Wildman–Crippen MR) is 74.5 cm³/mol. The molecule has 3 rings (SSSR count). The number of benzene rings is 1. The Bertz CT molecular complexity index is 852. The van der Waals surface area contributed by atoms with Crippen molar-refractivity contribution in [3.05, 3.63) is 66.6 Å². The van der Waals surface area contributed by atoms with Crippen molar-refractivity contribution in [2.24, 2.45) is 5.14 Å². The second-order valence-corrected chi connectivity index (χ2v) is 6.14. The quantitative estimate of drug-likeness (QED) is 0.728. The molecule has 102 valence electrons. The second-order valence-electron chi connectivity index (χ2n) is 4.58. The molecule has 3 aromatic rings. The summed E-state index contributed by atoms with van der Waals surface area (Å²) >= 11 is 0. The van der Waals surface area contributed by atoms with Crippen molar-refractivity contribution in [3.63, 3.8) is 0 Å². The molecule has 0 aliphatic carbocycles. The van der Waals surface area contributed by atoms with Gasteiger partial charge in [0, 0.05) is 6.07 Å². The third-order valence-corrected chi connectivity index (χ3v) is 4.10. The van der Waals surface area contributed by atoms with Crippen molar-refractivity contribution >= 4 is 15.7 Å². The summed E-state index contributed by atoms with van der Waals surface area (Å²) in [6.45, 7) is 0.672. The molecule has 2 heterocycles. The van der Waals surface area contributed by atoms with E-state index in [1.54, 1.807) is 12.1 Å². The molecule has 2 aromatic heterocycles. The average Bonchev–Trinajstić information content (AvgIpc) is 2.82. The predicted octanol–water partition coefficient (Wildman–Crippen LogP) is 0.922. The van der Waals surface area contributed by atoms with Gasteiger partial charge in [-0.3, -0.25) is 0 Å². The third kappa shape index (κ3) is 2.43. The summed E-state index contributed by atoms with van der Waals surface area (Å²) in [6, 6.07) is 12.6. The lowest BCUT2D eigenvalue weighted by molar-refractivity contribution is -0.661. The molecule has 0 fully saturated rings. The van der Waals surface area contributed by atoms with Crippen molar-refractivity contribution in [2.45, 2.75) is 11.4 Å². The number of hydrogen-bond acceptors (Lipinski definition) is 2. The molecule has 0 atom stereocenters.